The molecule has 0 spiro atoms. The van der Waals surface area contributed by atoms with Crippen LogP contribution in [0.15, 0.2) is 146 Å². The van der Waals surface area contributed by atoms with Crippen LogP contribution in [0.25, 0.3) is 44.2 Å². The number of rotatable bonds is 5. The zero-order valence-corrected chi connectivity index (χ0v) is 20.3. The van der Waals surface area contributed by atoms with Gasteiger partial charge in [-0.1, -0.05) is 127 Å². The highest BCUT2D eigenvalue weighted by Gasteiger charge is 2.11. The van der Waals surface area contributed by atoms with Crippen LogP contribution in [0, 0.1) is 0 Å². The Hall–Kier alpha value is -4.62. The first-order chi connectivity index (χ1) is 17.8. The Morgan fingerprint density at radius 2 is 0.917 bits per heavy atom. The van der Waals surface area contributed by atoms with Gasteiger partial charge in [0.15, 0.2) is 0 Å². The molecule has 1 nitrogen and oxygen atoms in total. The van der Waals surface area contributed by atoms with Crippen LogP contribution in [0.2, 0.25) is 0 Å². The average molecular weight is 462 g/mol. The summed E-state index contributed by atoms with van der Waals surface area (Å²) in [5, 5.41) is 2.56. The molecule has 0 atom stereocenters. The lowest BCUT2D eigenvalue weighted by Crippen LogP contribution is -2.10. The van der Waals surface area contributed by atoms with E-state index in [1.165, 1.54) is 49.8 Å². The Balaban J connectivity index is 1.27. The van der Waals surface area contributed by atoms with Gasteiger partial charge in [-0.15, -0.1) is 0 Å². The number of benzene rings is 6. The minimum absolute atomic E-state index is 1.16. The molecule has 0 bridgehead atoms. The number of anilines is 2. The number of hydrogen-bond acceptors (Lipinski definition) is 1. The van der Waals surface area contributed by atoms with Gasteiger partial charge in [0, 0.05) is 24.0 Å². The van der Waals surface area contributed by atoms with E-state index in [1.807, 2.05) is 0 Å². The fraction of sp³-hybridized carbons (Fsp3) is 0.0286. The first-order valence-corrected chi connectivity index (χ1v) is 12.3. The van der Waals surface area contributed by atoms with Crippen LogP contribution in [0.5, 0.6) is 0 Å². The van der Waals surface area contributed by atoms with E-state index in [-0.39, 0.29) is 0 Å². The fourth-order valence-corrected chi connectivity index (χ4v) is 4.96. The molecule has 6 rings (SSSR count). The van der Waals surface area contributed by atoms with Gasteiger partial charge in [0.05, 0.1) is 0 Å². The van der Waals surface area contributed by atoms with Gasteiger partial charge in [0.25, 0.3) is 0 Å². The molecule has 0 saturated carbocycles. The van der Waals surface area contributed by atoms with Crippen LogP contribution in [-0.2, 0) is 0 Å². The van der Waals surface area contributed by atoms with Gasteiger partial charge in [-0.2, -0.15) is 0 Å². The largest absolute Gasteiger partial charge is 0.344 e. The topological polar surface area (TPSA) is 3.24 Å². The third-order valence-corrected chi connectivity index (χ3v) is 6.92. The molecule has 0 heterocycles. The lowest BCUT2D eigenvalue weighted by molar-refractivity contribution is 1.21. The Morgan fingerprint density at radius 3 is 1.69 bits per heavy atom. The SMILES string of the molecule is CN(c1ccc(-c2ccc(-c3cccc4ccccc34)cc2)cc1)c1ccccc1-c1ccccc1. The molecule has 0 aliphatic rings. The molecule has 0 radical (unpaired) electrons. The third-order valence-electron chi connectivity index (χ3n) is 6.92. The van der Waals surface area contributed by atoms with Gasteiger partial charge in [0.2, 0.25) is 0 Å². The highest BCUT2D eigenvalue weighted by molar-refractivity contribution is 5.96. The van der Waals surface area contributed by atoms with Crippen LogP contribution in [0.4, 0.5) is 11.4 Å². The first-order valence-electron chi connectivity index (χ1n) is 12.3. The van der Waals surface area contributed by atoms with E-state index in [1.54, 1.807) is 0 Å². The Morgan fingerprint density at radius 1 is 0.389 bits per heavy atom. The van der Waals surface area contributed by atoms with E-state index >= 15 is 0 Å². The van der Waals surface area contributed by atoms with Crippen molar-refractivity contribution in [3.8, 4) is 33.4 Å². The fourth-order valence-electron chi connectivity index (χ4n) is 4.96. The number of para-hydroxylation sites is 1. The van der Waals surface area contributed by atoms with E-state index in [0.29, 0.717) is 0 Å². The number of nitrogens with zero attached hydrogens (tertiary/aromatic N) is 1. The van der Waals surface area contributed by atoms with E-state index in [9.17, 15) is 0 Å². The second kappa shape index (κ2) is 9.56. The molecule has 0 aromatic heterocycles. The molecule has 172 valence electrons. The van der Waals surface area contributed by atoms with E-state index in [0.717, 1.165) is 5.69 Å². The smallest absolute Gasteiger partial charge is 0.0487 e. The quantitative estimate of drug-likeness (QED) is 0.247. The van der Waals surface area contributed by atoms with Crippen molar-refractivity contribution in [2.75, 3.05) is 11.9 Å². The second-order valence-electron chi connectivity index (χ2n) is 9.09. The minimum Gasteiger partial charge on any atom is -0.344 e. The molecule has 0 amide bonds. The van der Waals surface area contributed by atoms with Crippen LogP contribution in [0.1, 0.15) is 0 Å². The van der Waals surface area contributed by atoms with Gasteiger partial charge in [0.1, 0.15) is 0 Å². The zero-order chi connectivity index (χ0) is 24.3. The van der Waals surface area contributed by atoms with Crippen LogP contribution >= 0.6 is 0 Å². The predicted octanol–water partition coefficient (Wildman–Crippen LogP) is 9.61. The lowest BCUT2D eigenvalue weighted by Gasteiger charge is -2.23. The summed E-state index contributed by atoms with van der Waals surface area (Å²) in [6, 6.07) is 52.0. The maximum atomic E-state index is 2.26. The highest BCUT2D eigenvalue weighted by Crippen LogP contribution is 2.35. The molecule has 36 heavy (non-hydrogen) atoms. The summed E-state index contributed by atoms with van der Waals surface area (Å²) in [6.45, 7) is 0. The summed E-state index contributed by atoms with van der Waals surface area (Å²) in [7, 11) is 2.13. The Kier molecular flexibility index (Phi) is 5.81. The van der Waals surface area contributed by atoms with Crippen molar-refractivity contribution in [3.05, 3.63) is 146 Å². The number of fused-ring (bicyclic) bond motifs is 1. The third kappa shape index (κ3) is 4.16. The molecule has 6 aromatic rings. The van der Waals surface area contributed by atoms with Crippen LogP contribution < -0.4 is 4.90 Å². The van der Waals surface area contributed by atoms with Crippen molar-refractivity contribution >= 4 is 22.1 Å². The molecule has 6 aromatic carbocycles. The van der Waals surface area contributed by atoms with Gasteiger partial charge in [-0.25, -0.2) is 0 Å². The predicted molar refractivity (Wildman–Crippen MR) is 155 cm³/mol. The lowest BCUT2D eigenvalue weighted by atomic mass is 9.96. The van der Waals surface area contributed by atoms with E-state index < -0.39 is 0 Å². The van der Waals surface area contributed by atoms with Crippen LogP contribution in [0.3, 0.4) is 0 Å². The van der Waals surface area contributed by atoms with Crippen molar-refractivity contribution in [2.24, 2.45) is 0 Å². The molecule has 0 aliphatic heterocycles. The standard InChI is InChI=1S/C35H27N/c1-36(35-17-8-7-15-34(35)29-10-3-2-4-11-29)31-24-22-27(23-25-31)26-18-20-30(21-19-26)33-16-9-13-28-12-5-6-14-32(28)33/h2-25H,1H3. The zero-order valence-electron chi connectivity index (χ0n) is 20.3. The Labute approximate surface area is 212 Å². The van der Waals surface area contributed by atoms with E-state index in [4.69, 9.17) is 0 Å². The molecule has 0 N–H and O–H groups in total. The molecular weight excluding hydrogens is 434 g/mol. The van der Waals surface area contributed by atoms with Crippen molar-refractivity contribution in [1.29, 1.82) is 0 Å². The normalized spacial score (nSPS) is 10.9. The van der Waals surface area contributed by atoms with E-state index in [2.05, 4.69) is 158 Å². The van der Waals surface area contributed by atoms with Crippen molar-refractivity contribution in [3.63, 3.8) is 0 Å². The maximum absolute atomic E-state index is 2.26. The monoisotopic (exact) mass is 461 g/mol. The van der Waals surface area contributed by atoms with Gasteiger partial charge < -0.3 is 4.90 Å². The second-order valence-corrected chi connectivity index (χ2v) is 9.09. The Bertz CT molecular complexity index is 1610. The summed E-state index contributed by atoms with van der Waals surface area (Å²) >= 11 is 0. The summed E-state index contributed by atoms with van der Waals surface area (Å²) < 4.78 is 0. The molecule has 0 aliphatic carbocycles. The average Bonchev–Trinajstić information content (AvgIpc) is 2.97. The summed E-state index contributed by atoms with van der Waals surface area (Å²) in [5.41, 5.74) is 9.76. The molecule has 0 saturated heterocycles. The molecular formula is C35H27N. The highest BCUT2D eigenvalue weighted by atomic mass is 15.1. The molecule has 0 unspecified atom stereocenters. The molecule has 0 fully saturated rings. The molecule has 1 heteroatoms. The van der Waals surface area contributed by atoms with Gasteiger partial charge >= 0.3 is 0 Å². The van der Waals surface area contributed by atoms with Crippen LogP contribution in [-0.4, -0.2) is 7.05 Å². The summed E-state index contributed by atoms with van der Waals surface area (Å²) in [5.74, 6) is 0. The van der Waals surface area contributed by atoms with Gasteiger partial charge in [-0.05, 0) is 56.8 Å². The summed E-state index contributed by atoms with van der Waals surface area (Å²) in [6.07, 6.45) is 0. The first kappa shape index (κ1) is 21.9. The number of hydrogen-bond donors (Lipinski definition) is 0. The van der Waals surface area contributed by atoms with Gasteiger partial charge in [-0.3, -0.25) is 0 Å². The van der Waals surface area contributed by atoms with Crippen molar-refractivity contribution in [1.82, 2.24) is 0 Å². The maximum Gasteiger partial charge on any atom is 0.0487 e. The van der Waals surface area contributed by atoms with Crippen molar-refractivity contribution < 1.29 is 0 Å². The van der Waals surface area contributed by atoms with Crippen molar-refractivity contribution in [2.45, 2.75) is 0 Å². The summed E-state index contributed by atoms with van der Waals surface area (Å²) in [4.78, 5) is 2.26. The minimum atomic E-state index is 1.16.